The summed E-state index contributed by atoms with van der Waals surface area (Å²) >= 11 is 0. The fraction of sp³-hybridized carbons (Fsp3) is 0.400. The zero-order valence-electron chi connectivity index (χ0n) is 22.1. The highest BCUT2D eigenvalue weighted by Crippen LogP contribution is 2.40. The van der Waals surface area contributed by atoms with Crippen LogP contribution in [-0.4, -0.2) is 77.9 Å². The number of fused-ring (bicyclic) bond motifs is 4. The maximum Gasteiger partial charge on any atom is 0.228 e. The number of anilines is 2. The summed E-state index contributed by atoms with van der Waals surface area (Å²) in [6, 6.07) is 15.7. The van der Waals surface area contributed by atoms with Gasteiger partial charge in [0, 0.05) is 49.2 Å². The number of aromatic hydroxyl groups is 1. The molecular formula is C30H33FN6O. The summed E-state index contributed by atoms with van der Waals surface area (Å²) in [5, 5.41) is 16.6. The number of hydrogen-bond donors (Lipinski definition) is 2. The summed E-state index contributed by atoms with van der Waals surface area (Å²) in [5.74, 6) is 1.13. The van der Waals surface area contributed by atoms with Crippen LogP contribution in [0.25, 0.3) is 32.8 Å². The molecule has 4 heterocycles. The van der Waals surface area contributed by atoms with Crippen molar-refractivity contribution < 1.29 is 9.50 Å². The van der Waals surface area contributed by atoms with Crippen LogP contribution in [0.2, 0.25) is 0 Å². The van der Waals surface area contributed by atoms with Crippen LogP contribution in [0.15, 0.2) is 48.5 Å². The normalized spacial score (nSPS) is 22.4. The van der Waals surface area contributed by atoms with Gasteiger partial charge in [-0.3, -0.25) is 0 Å². The molecule has 3 fully saturated rings. The Kier molecular flexibility index (Phi) is 5.29. The molecule has 0 unspecified atom stereocenters. The molecule has 0 radical (unpaired) electrons. The molecule has 0 saturated carbocycles. The van der Waals surface area contributed by atoms with Gasteiger partial charge in [0.25, 0.3) is 0 Å². The second-order valence-corrected chi connectivity index (χ2v) is 11.7. The molecular weight excluding hydrogens is 479 g/mol. The molecule has 8 heteroatoms. The second kappa shape index (κ2) is 8.51. The van der Waals surface area contributed by atoms with Crippen LogP contribution in [0.4, 0.5) is 16.2 Å². The van der Waals surface area contributed by atoms with Crippen molar-refractivity contribution in [2.24, 2.45) is 0 Å². The third-order valence-corrected chi connectivity index (χ3v) is 8.85. The zero-order chi connectivity index (χ0) is 26.2. The number of aromatic nitrogens is 2. The summed E-state index contributed by atoms with van der Waals surface area (Å²) < 4.78 is 16.5. The number of likely N-dealkylation sites (N-methyl/N-ethyl adjacent to an activating group) is 1. The van der Waals surface area contributed by atoms with E-state index >= 15 is 4.39 Å². The first kappa shape index (κ1) is 23.6. The third kappa shape index (κ3) is 3.69. The fourth-order valence-electron chi connectivity index (χ4n) is 6.41. The Morgan fingerprint density at radius 3 is 2.42 bits per heavy atom. The lowest BCUT2D eigenvalue weighted by atomic mass is 9.91. The lowest BCUT2D eigenvalue weighted by molar-refractivity contribution is 0.132. The predicted molar refractivity (Wildman–Crippen MR) is 151 cm³/mol. The van der Waals surface area contributed by atoms with Gasteiger partial charge in [-0.2, -0.15) is 4.98 Å². The number of piperazine rings is 1. The molecule has 38 heavy (non-hydrogen) atoms. The van der Waals surface area contributed by atoms with E-state index in [4.69, 9.17) is 9.97 Å². The van der Waals surface area contributed by atoms with Crippen LogP contribution in [0.1, 0.15) is 19.8 Å². The highest BCUT2D eigenvalue weighted by molar-refractivity contribution is 6.01. The average molecular weight is 513 g/mol. The molecule has 0 amide bonds. The number of phenols is 1. The molecule has 3 aliphatic heterocycles. The number of rotatable bonds is 4. The van der Waals surface area contributed by atoms with Crippen LogP contribution < -0.4 is 15.1 Å². The Morgan fingerprint density at radius 2 is 1.68 bits per heavy atom. The van der Waals surface area contributed by atoms with Gasteiger partial charge in [0.2, 0.25) is 5.95 Å². The smallest absolute Gasteiger partial charge is 0.228 e. The lowest BCUT2D eigenvalue weighted by Gasteiger charge is -2.52. The van der Waals surface area contributed by atoms with Gasteiger partial charge in [-0.1, -0.05) is 30.3 Å². The first-order valence-electron chi connectivity index (χ1n) is 13.4. The predicted octanol–water partition coefficient (Wildman–Crippen LogP) is 4.38. The van der Waals surface area contributed by atoms with Gasteiger partial charge >= 0.3 is 0 Å². The van der Waals surface area contributed by atoms with Crippen LogP contribution in [-0.2, 0) is 0 Å². The minimum Gasteiger partial charge on any atom is -0.508 e. The first-order valence-corrected chi connectivity index (χ1v) is 13.4. The van der Waals surface area contributed by atoms with Crippen molar-refractivity contribution in [3.05, 3.63) is 54.3 Å². The summed E-state index contributed by atoms with van der Waals surface area (Å²) in [6.45, 7) is 5.52. The van der Waals surface area contributed by atoms with E-state index in [2.05, 4.69) is 41.0 Å². The molecule has 1 aromatic heterocycles. The van der Waals surface area contributed by atoms with Crippen LogP contribution in [0.5, 0.6) is 5.75 Å². The van der Waals surface area contributed by atoms with Crippen molar-refractivity contribution in [2.45, 2.75) is 37.4 Å². The molecule has 3 aliphatic rings. The fourth-order valence-corrected chi connectivity index (χ4v) is 6.41. The quantitative estimate of drug-likeness (QED) is 0.421. The summed E-state index contributed by atoms with van der Waals surface area (Å²) in [7, 11) is 4.18. The Balaban J connectivity index is 1.40. The molecule has 7 nitrogen and oxygen atoms in total. The first-order chi connectivity index (χ1) is 18.3. The highest BCUT2D eigenvalue weighted by Gasteiger charge is 2.42. The van der Waals surface area contributed by atoms with Crippen LogP contribution in [0, 0.1) is 5.82 Å². The van der Waals surface area contributed by atoms with Crippen molar-refractivity contribution in [3.63, 3.8) is 0 Å². The van der Waals surface area contributed by atoms with Gasteiger partial charge in [-0.05, 0) is 68.4 Å². The van der Waals surface area contributed by atoms with Gasteiger partial charge < -0.3 is 25.1 Å². The molecule has 7 rings (SSSR count). The number of nitrogens with one attached hydrogen (secondary N) is 1. The second-order valence-electron chi connectivity index (χ2n) is 11.7. The summed E-state index contributed by atoms with van der Waals surface area (Å²) in [5.41, 5.74) is 1.46. The zero-order valence-corrected chi connectivity index (χ0v) is 22.1. The Morgan fingerprint density at radius 1 is 0.947 bits per heavy atom. The molecule has 4 aromatic rings. The van der Waals surface area contributed by atoms with Crippen LogP contribution in [0.3, 0.4) is 0 Å². The monoisotopic (exact) mass is 512 g/mol. The minimum absolute atomic E-state index is 0.0352. The molecule has 2 bridgehead atoms. The van der Waals surface area contributed by atoms with Gasteiger partial charge in [0.1, 0.15) is 17.1 Å². The largest absolute Gasteiger partial charge is 0.508 e. The molecule has 0 aliphatic carbocycles. The van der Waals surface area contributed by atoms with Crippen LogP contribution >= 0.6 is 0 Å². The van der Waals surface area contributed by atoms with Gasteiger partial charge in [-0.25, -0.2) is 9.37 Å². The van der Waals surface area contributed by atoms with E-state index in [1.807, 2.05) is 36.4 Å². The van der Waals surface area contributed by atoms with Crippen molar-refractivity contribution >= 4 is 33.4 Å². The Hall–Kier alpha value is -3.49. The molecule has 3 aromatic carbocycles. The Labute approximate surface area is 221 Å². The van der Waals surface area contributed by atoms with E-state index in [0.717, 1.165) is 61.0 Å². The highest BCUT2D eigenvalue weighted by atomic mass is 19.1. The van der Waals surface area contributed by atoms with Gasteiger partial charge in [0.15, 0.2) is 5.82 Å². The topological polar surface area (TPSA) is 67.8 Å². The molecule has 0 spiro atoms. The van der Waals surface area contributed by atoms with E-state index < -0.39 is 0 Å². The SMILES string of the molecule is CN(C)C1(C)CN(c2nc(N3C[C@H]4CC[C@@H](C3)N4)c3ccc(-c4cc(O)cc5ccccc45)c(F)c3n2)C1. The summed E-state index contributed by atoms with van der Waals surface area (Å²) in [4.78, 5) is 16.6. The van der Waals surface area contributed by atoms with E-state index in [-0.39, 0.29) is 17.1 Å². The minimum atomic E-state index is -0.378. The van der Waals surface area contributed by atoms with E-state index in [1.54, 1.807) is 12.1 Å². The number of hydrogen-bond acceptors (Lipinski definition) is 7. The Bertz CT molecular complexity index is 1550. The van der Waals surface area contributed by atoms with Crippen molar-refractivity contribution in [1.29, 1.82) is 0 Å². The lowest BCUT2D eigenvalue weighted by Crippen LogP contribution is -2.67. The van der Waals surface area contributed by atoms with E-state index in [0.29, 0.717) is 34.7 Å². The maximum atomic E-state index is 16.5. The molecule has 2 N–H and O–H groups in total. The number of benzene rings is 3. The number of nitrogens with zero attached hydrogens (tertiary/aromatic N) is 5. The van der Waals surface area contributed by atoms with Crippen molar-refractivity contribution in [2.75, 3.05) is 50.1 Å². The number of halogens is 1. The third-order valence-electron chi connectivity index (χ3n) is 8.85. The standard InChI is InChI=1S/C30H33FN6O/c1-30(35(2)3)16-37(17-30)29-33-27-24(28(34-29)36-14-19-8-9-20(15-36)32-19)11-10-23(26(27)31)25-13-21(38)12-18-6-4-5-7-22(18)25/h4-7,10-13,19-20,32,38H,8-9,14-17H2,1-3H3/t19-,20+. The number of phenolic OH excluding ortho intramolecular Hbond substituents is 1. The van der Waals surface area contributed by atoms with Crippen molar-refractivity contribution in [1.82, 2.24) is 20.2 Å². The van der Waals surface area contributed by atoms with Gasteiger partial charge in [0.05, 0.1) is 5.54 Å². The maximum absolute atomic E-state index is 16.5. The molecule has 3 saturated heterocycles. The molecule has 196 valence electrons. The van der Waals surface area contributed by atoms with E-state index in [1.165, 1.54) is 0 Å². The average Bonchev–Trinajstić information content (AvgIpc) is 3.23. The van der Waals surface area contributed by atoms with Gasteiger partial charge in [-0.15, -0.1) is 0 Å². The summed E-state index contributed by atoms with van der Waals surface area (Å²) in [6.07, 6.45) is 2.32. The molecule has 2 atom stereocenters. The van der Waals surface area contributed by atoms with E-state index in [9.17, 15) is 5.11 Å². The van der Waals surface area contributed by atoms with Crippen molar-refractivity contribution in [3.8, 4) is 16.9 Å².